The van der Waals surface area contributed by atoms with Crippen molar-refractivity contribution in [2.24, 2.45) is 0 Å². The predicted molar refractivity (Wildman–Crippen MR) is 83.2 cm³/mol. The molecule has 0 bridgehead atoms. The average Bonchev–Trinajstić information content (AvgIpc) is 2.69. The van der Waals surface area contributed by atoms with Crippen LogP contribution in [0.3, 0.4) is 0 Å². The van der Waals surface area contributed by atoms with Crippen LogP contribution in [0.5, 0.6) is 0 Å². The minimum absolute atomic E-state index is 0.107. The summed E-state index contributed by atoms with van der Waals surface area (Å²) in [7, 11) is 0. The van der Waals surface area contributed by atoms with E-state index in [9.17, 15) is 4.79 Å². The lowest BCUT2D eigenvalue weighted by Crippen LogP contribution is -2.30. The van der Waals surface area contributed by atoms with Crippen molar-refractivity contribution in [3.63, 3.8) is 0 Å². The van der Waals surface area contributed by atoms with Gasteiger partial charge in [0.2, 0.25) is 0 Å². The number of carbonyl (C=O) groups is 1. The summed E-state index contributed by atoms with van der Waals surface area (Å²) in [5.41, 5.74) is 3.37. The highest BCUT2D eigenvalue weighted by molar-refractivity contribution is 7.80. The Balaban J connectivity index is 1.84. The Labute approximate surface area is 124 Å². The van der Waals surface area contributed by atoms with Crippen molar-refractivity contribution in [2.75, 3.05) is 6.54 Å². The molecule has 0 N–H and O–H groups in total. The van der Waals surface area contributed by atoms with Gasteiger partial charge in [-0.25, -0.2) is 0 Å². The number of benzene rings is 2. The summed E-state index contributed by atoms with van der Waals surface area (Å²) in [5, 5.41) is 0. The smallest absolute Gasteiger partial charge is 0.254 e. The maximum Gasteiger partial charge on any atom is 0.254 e. The molecule has 1 aliphatic rings. The Morgan fingerprint density at radius 3 is 2.45 bits per heavy atom. The van der Waals surface area contributed by atoms with Gasteiger partial charge >= 0.3 is 0 Å². The van der Waals surface area contributed by atoms with Crippen LogP contribution in [-0.2, 0) is 13.0 Å². The fraction of sp³-hybridized carbons (Fsp3) is 0.235. The lowest BCUT2D eigenvalue weighted by atomic mass is 10.0. The molecule has 102 valence electrons. The molecule has 2 aromatic carbocycles. The number of fused-ring (bicyclic) bond motifs is 1. The monoisotopic (exact) mass is 283 g/mol. The van der Waals surface area contributed by atoms with Crippen LogP contribution in [0.4, 0.5) is 0 Å². The zero-order valence-corrected chi connectivity index (χ0v) is 12.1. The van der Waals surface area contributed by atoms with Gasteiger partial charge in [0.1, 0.15) is 0 Å². The van der Waals surface area contributed by atoms with Crippen molar-refractivity contribution in [1.82, 2.24) is 4.90 Å². The molecule has 20 heavy (non-hydrogen) atoms. The summed E-state index contributed by atoms with van der Waals surface area (Å²) in [6, 6.07) is 15.8. The second-order valence-electron chi connectivity index (χ2n) is 5.15. The topological polar surface area (TPSA) is 20.3 Å². The first-order valence-corrected chi connectivity index (χ1v) is 7.34. The number of carbonyl (C=O) groups excluding carboxylic acids is 1. The van der Waals surface area contributed by atoms with Gasteiger partial charge in [-0.2, -0.15) is 0 Å². The van der Waals surface area contributed by atoms with Gasteiger partial charge in [-0.1, -0.05) is 24.3 Å². The highest BCUT2D eigenvalue weighted by atomic mass is 32.1. The van der Waals surface area contributed by atoms with Crippen LogP contribution in [0, 0.1) is 0 Å². The summed E-state index contributed by atoms with van der Waals surface area (Å²) in [6.07, 6.45) is 2.07. The van der Waals surface area contributed by atoms with Crippen molar-refractivity contribution in [3.8, 4) is 0 Å². The summed E-state index contributed by atoms with van der Waals surface area (Å²) in [6.45, 7) is 1.52. The number of rotatable bonds is 1. The molecule has 1 amide bonds. The molecule has 0 spiro atoms. The van der Waals surface area contributed by atoms with Gasteiger partial charge < -0.3 is 4.90 Å². The van der Waals surface area contributed by atoms with E-state index >= 15 is 0 Å². The van der Waals surface area contributed by atoms with Gasteiger partial charge in [0.15, 0.2) is 0 Å². The van der Waals surface area contributed by atoms with Gasteiger partial charge in [-0.15, -0.1) is 12.6 Å². The van der Waals surface area contributed by atoms with Crippen LogP contribution in [0.1, 0.15) is 27.9 Å². The molecule has 0 saturated heterocycles. The molecule has 0 unspecified atom stereocenters. The molecule has 1 heterocycles. The quantitative estimate of drug-likeness (QED) is 0.793. The van der Waals surface area contributed by atoms with Crippen molar-refractivity contribution in [3.05, 3.63) is 65.2 Å². The number of hydrogen-bond acceptors (Lipinski definition) is 2. The largest absolute Gasteiger partial charge is 0.334 e. The molecule has 2 aromatic rings. The van der Waals surface area contributed by atoms with Crippen LogP contribution >= 0.6 is 12.6 Å². The van der Waals surface area contributed by atoms with Crippen molar-refractivity contribution in [2.45, 2.75) is 24.3 Å². The molecule has 0 aromatic heterocycles. The van der Waals surface area contributed by atoms with E-state index in [4.69, 9.17) is 0 Å². The minimum Gasteiger partial charge on any atom is -0.334 e. The van der Waals surface area contributed by atoms with Gasteiger partial charge in [-0.3, -0.25) is 4.79 Å². The van der Waals surface area contributed by atoms with Crippen LogP contribution in [0.2, 0.25) is 0 Å². The number of hydrogen-bond donors (Lipinski definition) is 1. The molecule has 0 fully saturated rings. The molecule has 0 radical (unpaired) electrons. The van der Waals surface area contributed by atoms with E-state index in [0.717, 1.165) is 29.8 Å². The normalized spacial score (nSPS) is 14.6. The fourth-order valence-corrected chi connectivity index (χ4v) is 2.81. The molecule has 3 rings (SSSR count). The molecule has 0 saturated carbocycles. The second kappa shape index (κ2) is 5.71. The average molecular weight is 283 g/mol. The van der Waals surface area contributed by atoms with Crippen molar-refractivity contribution in [1.29, 1.82) is 0 Å². The van der Waals surface area contributed by atoms with Crippen LogP contribution in [0.15, 0.2) is 53.4 Å². The third-order valence-electron chi connectivity index (χ3n) is 3.76. The Hall–Kier alpha value is -1.74. The molecular formula is C17H17NOS. The first-order valence-electron chi connectivity index (χ1n) is 6.89. The molecular weight excluding hydrogens is 266 g/mol. The SMILES string of the molecule is O=C(c1ccc(S)cc1)N1CCCc2ccccc2C1. The fourth-order valence-electron chi connectivity index (χ4n) is 2.66. The van der Waals surface area contributed by atoms with E-state index < -0.39 is 0 Å². The third-order valence-corrected chi connectivity index (χ3v) is 4.05. The van der Waals surface area contributed by atoms with Gasteiger partial charge in [0.05, 0.1) is 0 Å². The zero-order chi connectivity index (χ0) is 13.9. The van der Waals surface area contributed by atoms with Gasteiger partial charge in [0.25, 0.3) is 5.91 Å². The molecule has 2 nitrogen and oxygen atoms in total. The van der Waals surface area contributed by atoms with Crippen LogP contribution < -0.4 is 0 Å². The van der Waals surface area contributed by atoms with Crippen molar-refractivity contribution >= 4 is 18.5 Å². The summed E-state index contributed by atoms with van der Waals surface area (Å²) in [5.74, 6) is 0.107. The third kappa shape index (κ3) is 2.73. The van der Waals surface area contributed by atoms with E-state index in [1.165, 1.54) is 11.1 Å². The zero-order valence-electron chi connectivity index (χ0n) is 11.2. The highest BCUT2D eigenvalue weighted by Crippen LogP contribution is 2.20. The summed E-state index contributed by atoms with van der Waals surface area (Å²) in [4.78, 5) is 15.4. The Morgan fingerprint density at radius 1 is 1.00 bits per heavy atom. The maximum absolute atomic E-state index is 12.6. The van der Waals surface area contributed by atoms with E-state index in [1.54, 1.807) is 0 Å². The lowest BCUT2D eigenvalue weighted by Gasteiger charge is -2.21. The number of amides is 1. The molecule has 3 heteroatoms. The number of thiol groups is 1. The standard InChI is InChI=1S/C17H17NOS/c19-17(14-7-9-16(20)10-8-14)18-11-3-6-13-4-1-2-5-15(13)12-18/h1-2,4-5,7-10,20H,3,6,11-12H2. The van der Waals surface area contributed by atoms with Crippen LogP contribution in [0.25, 0.3) is 0 Å². The van der Waals surface area contributed by atoms with Crippen LogP contribution in [-0.4, -0.2) is 17.4 Å². The van der Waals surface area contributed by atoms with E-state index in [1.807, 2.05) is 35.2 Å². The van der Waals surface area contributed by atoms with Gasteiger partial charge in [-0.05, 0) is 48.2 Å². The summed E-state index contributed by atoms with van der Waals surface area (Å²) < 4.78 is 0. The summed E-state index contributed by atoms with van der Waals surface area (Å²) >= 11 is 4.26. The Kier molecular flexibility index (Phi) is 3.79. The predicted octanol–water partition coefficient (Wildman–Crippen LogP) is 3.56. The second-order valence-corrected chi connectivity index (χ2v) is 5.66. The van der Waals surface area contributed by atoms with Crippen molar-refractivity contribution < 1.29 is 4.79 Å². The highest BCUT2D eigenvalue weighted by Gasteiger charge is 2.19. The molecule has 0 aliphatic carbocycles. The first-order chi connectivity index (χ1) is 9.74. The first kappa shape index (κ1) is 13.3. The lowest BCUT2D eigenvalue weighted by molar-refractivity contribution is 0.0746. The Bertz CT molecular complexity index is 621. The Morgan fingerprint density at radius 2 is 1.70 bits per heavy atom. The van der Waals surface area contributed by atoms with E-state index in [0.29, 0.717) is 6.54 Å². The minimum atomic E-state index is 0.107. The van der Waals surface area contributed by atoms with E-state index in [2.05, 4.69) is 30.8 Å². The van der Waals surface area contributed by atoms with Gasteiger partial charge in [0, 0.05) is 23.5 Å². The van der Waals surface area contributed by atoms with E-state index in [-0.39, 0.29) is 5.91 Å². The molecule has 0 atom stereocenters. The maximum atomic E-state index is 12.6. The molecule has 1 aliphatic heterocycles. The number of nitrogens with zero attached hydrogens (tertiary/aromatic N) is 1. The number of aryl methyl sites for hydroxylation is 1.